The monoisotopic (exact) mass is 740 g/mol. The topological polar surface area (TPSA) is 147 Å². The van der Waals surface area contributed by atoms with E-state index in [4.69, 9.17) is 9.73 Å². The molecule has 2 unspecified atom stereocenters. The van der Waals surface area contributed by atoms with Crippen molar-refractivity contribution in [2.75, 3.05) is 12.9 Å². The number of H-pyrrole nitrogens is 1. The molecule has 2 atom stereocenters. The standard InChI is InChI=1S/C42H52N4O6S/c1-9-11-30-25(4)35(22-39-32(28(7)41(48)46-39)19-20-53(50,51)29-15-13-24(3)14-16-29)44-37(30)23-38-31(17-18-40(47)52-8)26(5)34(43-38)21-36-27(6)33(12-10-2)42(49)45-36/h13-16,21-23,27,33,43H,9-12,17-20H2,1-8H3,(H,45,49)(H,46,48)/b36-21-,37-23-,39-22-. The SMILES string of the molecule is CCCC1=C(C)C(/C=C2\NC(=O)C(C)=C2CCS(=O)(=O)c2ccc(C)cc2)=NC/1=C\c1[nH]c(/C=C2\NC(=O)C(CCC)C2C)c(C)c1CCC(=O)OC. The van der Waals surface area contributed by atoms with Crippen LogP contribution in [0.5, 0.6) is 0 Å². The molecule has 5 rings (SSSR count). The maximum Gasteiger partial charge on any atom is 0.305 e. The molecule has 3 aliphatic rings. The molecule has 0 aliphatic carbocycles. The minimum absolute atomic E-state index is 0.0503. The van der Waals surface area contributed by atoms with Gasteiger partial charge in [-0.25, -0.2) is 13.4 Å². The van der Waals surface area contributed by atoms with Gasteiger partial charge in [0.2, 0.25) is 5.91 Å². The molecular weight excluding hydrogens is 689 g/mol. The van der Waals surface area contributed by atoms with Gasteiger partial charge in [0, 0.05) is 46.6 Å². The molecule has 3 aliphatic heterocycles. The zero-order valence-corrected chi connectivity index (χ0v) is 33.0. The second-order valence-corrected chi connectivity index (χ2v) is 16.4. The summed E-state index contributed by atoms with van der Waals surface area (Å²) in [5, 5.41) is 6.04. The van der Waals surface area contributed by atoms with Crippen LogP contribution in [-0.2, 0) is 35.4 Å². The van der Waals surface area contributed by atoms with Crippen molar-refractivity contribution in [3.05, 3.63) is 97.8 Å². The Morgan fingerprint density at radius 2 is 1.60 bits per heavy atom. The third-order valence-corrected chi connectivity index (χ3v) is 12.4. The van der Waals surface area contributed by atoms with Crippen LogP contribution in [0.3, 0.4) is 0 Å². The number of rotatable bonds is 14. The lowest BCUT2D eigenvalue weighted by Gasteiger charge is -2.11. The first-order valence-electron chi connectivity index (χ1n) is 18.5. The number of amides is 2. The van der Waals surface area contributed by atoms with Crippen LogP contribution < -0.4 is 10.6 Å². The van der Waals surface area contributed by atoms with Crippen LogP contribution in [0.4, 0.5) is 0 Å². The van der Waals surface area contributed by atoms with E-state index in [2.05, 4.69) is 36.4 Å². The van der Waals surface area contributed by atoms with Gasteiger partial charge in [-0.3, -0.25) is 14.4 Å². The van der Waals surface area contributed by atoms with Crippen molar-refractivity contribution in [1.82, 2.24) is 15.6 Å². The van der Waals surface area contributed by atoms with E-state index >= 15 is 0 Å². The number of nitrogens with zero attached hydrogens (tertiary/aromatic N) is 1. The Morgan fingerprint density at radius 1 is 0.887 bits per heavy atom. The first-order chi connectivity index (χ1) is 25.2. The van der Waals surface area contributed by atoms with Crippen LogP contribution in [-0.4, -0.2) is 49.8 Å². The number of carbonyl (C=O) groups is 3. The molecule has 4 heterocycles. The lowest BCUT2D eigenvalue weighted by molar-refractivity contribution is -0.140. The summed E-state index contributed by atoms with van der Waals surface area (Å²) in [7, 11) is -2.19. The van der Waals surface area contributed by atoms with Crippen LogP contribution in [0, 0.1) is 25.7 Å². The van der Waals surface area contributed by atoms with Gasteiger partial charge in [-0.1, -0.05) is 51.3 Å². The highest BCUT2D eigenvalue weighted by molar-refractivity contribution is 7.91. The van der Waals surface area contributed by atoms with Gasteiger partial charge in [-0.05, 0) is 112 Å². The molecule has 0 radical (unpaired) electrons. The molecule has 0 bridgehead atoms. The molecule has 53 heavy (non-hydrogen) atoms. The second kappa shape index (κ2) is 16.5. The van der Waals surface area contributed by atoms with Crippen molar-refractivity contribution in [2.24, 2.45) is 16.8 Å². The quantitative estimate of drug-likeness (QED) is 0.173. The molecular formula is C42H52N4O6S. The zero-order chi connectivity index (χ0) is 38.6. The minimum atomic E-state index is -3.57. The van der Waals surface area contributed by atoms with E-state index in [-0.39, 0.29) is 53.1 Å². The Kier molecular flexibility index (Phi) is 12.3. The van der Waals surface area contributed by atoms with Crippen LogP contribution >= 0.6 is 0 Å². The maximum absolute atomic E-state index is 13.2. The number of allylic oxidation sites excluding steroid dienone is 5. The van der Waals surface area contributed by atoms with Crippen molar-refractivity contribution < 1.29 is 27.5 Å². The van der Waals surface area contributed by atoms with Gasteiger partial charge < -0.3 is 20.4 Å². The maximum atomic E-state index is 13.2. The highest BCUT2D eigenvalue weighted by Crippen LogP contribution is 2.36. The van der Waals surface area contributed by atoms with Gasteiger partial charge in [0.05, 0.1) is 29.2 Å². The summed E-state index contributed by atoms with van der Waals surface area (Å²) in [5.41, 5.74) is 10.7. The van der Waals surface area contributed by atoms with Gasteiger partial charge >= 0.3 is 5.97 Å². The van der Waals surface area contributed by atoms with Crippen molar-refractivity contribution in [2.45, 2.75) is 98.3 Å². The number of sulfone groups is 1. The van der Waals surface area contributed by atoms with Crippen molar-refractivity contribution in [3.63, 3.8) is 0 Å². The number of aliphatic imine (C=N–C) groups is 1. The predicted molar refractivity (Wildman–Crippen MR) is 209 cm³/mol. The van der Waals surface area contributed by atoms with Gasteiger partial charge in [0.1, 0.15) is 0 Å². The second-order valence-electron chi connectivity index (χ2n) is 14.3. The number of benzene rings is 1. The van der Waals surface area contributed by atoms with E-state index in [1.807, 2.05) is 39.0 Å². The molecule has 11 heteroatoms. The predicted octanol–water partition coefficient (Wildman–Crippen LogP) is 7.37. The number of hydrogen-bond acceptors (Lipinski definition) is 7. The molecule has 2 aromatic rings. The third kappa shape index (κ3) is 8.56. The molecule has 3 N–H and O–H groups in total. The summed E-state index contributed by atoms with van der Waals surface area (Å²) in [5.74, 6) is -0.644. The Bertz CT molecular complexity index is 2110. The molecule has 1 aromatic heterocycles. The summed E-state index contributed by atoms with van der Waals surface area (Å²) in [6.07, 6.45) is 10.1. The van der Waals surface area contributed by atoms with E-state index in [0.29, 0.717) is 29.0 Å². The van der Waals surface area contributed by atoms with E-state index in [0.717, 1.165) is 76.3 Å². The van der Waals surface area contributed by atoms with Crippen molar-refractivity contribution in [3.8, 4) is 0 Å². The highest BCUT2D eigenvalue weighted by Gasteiger charge is 2.35. The molecule has 2 amide bonds. The van der Waals surface area contributed by atoms with Crippen LogP contribution in [0.1, 0.15) is 101 Å². The minimum Gasteiger partial charge on any atom is -0.469 e. The third-order valence-electron chi connectivity index (χ3n) is 10.7. The smallest absolute Gasteiger partial charge is 0.305 e. The van der Waals surface area contributed by atoms with E-state index in [9.17, 15) is 22.8 Å². The number of aryl methyl sites for hydroxylation is 1. The summed E-state index contributed by atoms with van der Waals surface area (Å²) in [4.78, 5) is 46.8. The number of hydrogen-bond donors (Lipinski definition) is 3. The fourth-order valence-electron chi connectivity index (χ4n) is 7.31. The number of methoxy groups -OCH3 is 1. The Balaban J connectivity index is 1.51. The van der Waals surface area contributed by atoms with Crippen LogP contribution in [0.2, 0.25) is 0 Å². The number of esters is 1. The summed E-state index contributed by atoms with van der Waals surface area (Å²) < 4.78 is 31.4. The Labute approximate surface area is 313 Å². The number of ether oxygens (including phenoxy) is 1. The zero-order valence-electron chi connectivity index (χ0n) is 32.2. The van der Waals surface area contributed by atoms with Crippen molar-refractivity contribution in [1.29, 1.82) is 0 Å². The normalized spacial score (nSPS) is 21.4. The van der Waals surface area contributed by atoms with Gasteiger partial charge in [0.15, 0.2) is 9.84 Å². The van der Waals surface area contributed by atoms with Gasteiger partial charge in [-0.15, -0.1) is 0 Å². The Hall–Kier alpha value is -4.77. The number of aromatic amines is 1. The Morgan fingerprint density at radius 3 is 2.26 bits per heavy atom. The van der Waals surface area contributed by atoms with E-state index in [1.165, 1.54) is 7.11 Å². The van der Waals surface area contributed by atoms with Crippen molar-refractivity contribution >= 4 is 45.5 Å². The summed E-state index contributed by atoms with van der Waals surface area (Å²) in [6.45, 7) is 13.9. The highest BCUT2D eigenvalue weighted by atomic mass is 32.2. The van der Waals surface area contributed by atoms with E-state index < -0.39 is 9.84 Å². The molecule has 0 saturated carbocycles. The lowest BCUT2D eigenvalue weighted by Crippen LogP contribution is -2.18. The molecule has 1 fully saturated rings. The summed E-state index contributed by atoms with van der Waals surface area (Å²) in [6, 6.07) is 6.80. The molecule has 282 valence electrons. The fraction of sp³-hybridized carbons (Fsp3) is 0.429. The molecule has 10 nitrogen and oxygen atoms in total. The number of aromatic nitrogens is 1. The average molecular weight is 741 g/mol. The largest absolute Gasteiger partial charge is 0.469 e. The first-order valence-corrected chi connectivity index (χ1v) is 20.2. The lowest BCUT2D eigenvalue weighted by atomic mass is 9.90. The average Bonchev–Trinajstić information content (AvgIpc) is 3.76. The fourth-order valence-corrected chi connectivity index (χ4v) is 8.57. The molecule has 0 spiro atoms. The first kappa shape index (κ1) is 39.4. The molecule has 1 saturated heterocycles. The number of nitrogens with one attached hydrogen (secondary N) is 3. The summed E-state index contributed by atoms with van der Waals surface area (Å²) >= 11 is 0. The van der Waals surface area contributed by atoms with E-state index in [1.54, 1.807) is 31.2 Å². The number of carbonyl (C=O) groups excluding carboxylic acids is 3. The van der Waals surface area contributed by atoms with Gasteiger partial charge in [0.25, 0.3) is 5.91 Å². The van der Waals surface area contributed by atoms with Crippen LogP contribution in [0.15, 0.2) is 79.6 Å². The van der Waals surface area contributed by atoms with Gasteiger partial charge in [-0.2, -0.15) is 0 Å². The van der Waals surface area contributed by atoms with Crippen LogP contribution in [0.25, 0.3) is 12.2 Å². The molecule has 1 aromatic carbocycles.